The molecular weight excluding hydrogens is 686 g/mol. The Morgan fingerprint density at radius 1 is 0.429 bits per heavy atom. The van der Waals surface area contributed by atoms with Gasteiger partial charge in [-0.2, -0.15) is 0 Å². The first-order chi connectivity index (χ1) is 14.9. The van der Waals surface area contributed by atoms with Crippen molar-refractivity contribution in [3.63, 3.8) is 0 Å². The monoisotopic (exact) mass is 752 g/mol. The van der Waals surface area contributed by atoms with Crippen molar-refractivity contribution in [2.45, 2.75) is 131 Å². The summed E-state index contributed by atoms with van der Waals surface area (Å²) in [6, 6.07) is 2.62. The molecule has 0 aliphatic heterocycles. The molecule has 0 rings (SSSR count). The summed E-state index contributed by atoms with van der Waals surface area (Å²) in [6.07, 6.45) is 0. The Kier molecular flexibility index (Phi) is 20.3. The van der Waals surface area contributed by atoms with E-state index in [1.165, 1.54) is 12.1 Å². The Bertz CT molecular complexity index is 480. The van der Waals surface area contributed by atoms with Crippen molar-refractivity contribution in [2.24, 2.45) is 0 Å². The third-order valence-corrected chi connectivity index (χ3v) is 44.2. The van der Waals surface area contributed by atoms with E-state index >= 15 is 0 Å². The largest absolute Gasteiger partial charge is 2.00 e. The van der Waals surface area contributed by atoms with E-state index in [1.54, 1.807) is 0 Å². The first kappa shape index (κ1) is 42.2. The molecule has 0 aromatic rings. The minimum atomic E-state index is -1.23. The molecule has 9 heteroatoms. The van der Waals surface area contributed by atoms with Gasteiger partial charge in [0, 0.05) is 26.4 Å². The van der Waals surface area contributed by atoms with Gasteiger partial charge < -0.3 is 19.0 Å². The molecular formula is C26H66O2Si6Yb. The summed E-state index contributed by atoms with van der Waals surface area (Å²) in [7, 11) is -6.98. The summed E-state index contributed by atoms with van der Waals surface area (Å²) in [5, 5.41) is 0. The van der Waals surface area contributed by atoms with Crippen LogP contribution in [0.1, 0.15) is 13.8 Å². The zero-order chi connectivity index (χ0) is 27.8. The van der Waals surface area contributed by atoms with Gasteiger partial charge in [-0.25, -0.2) is 0 Å². The van der Waals surface area contributed by atoms with Crippen LogP contribution >= 0.6 is 0 Å². The van der Waals surface area contributed by atoms with Gasteiger partial charge in [0.05, 0.1) is 0 Å². The minimum Gasteiger partial charge on any atom is -0.382 e. The van der Waals surface area contributed by atoms with Crippen LogP contribution in [0.5, 0.6) is 0 Å². The van der Waals surface area contributed by atoms with Gasteiger partial charge in [-0.15, -0.1) is 32.3 Å². The first-order valence-corrected chi connectivity index (χ1v) is 34.2. The SMILES string of the molecule is CCOCC[Si](C)(C)[C-]([Si](C)(C)C)[Si](C)(C)C.CCOCC[Si](C)(C)[C-]([Si](C)(C)C)[Si](C)(C)C.[Yb+2]. The van der Waals surface area contributed by atoms with Crippen LogP contribution in [0.3, 0.4) is 0 Å². The van der Waals surface area contributed by atoms with Gasteiger partial charge in [0.15, 0.2) is 0 Å². The summed E-state index contributed by atoms with van der Waals surface area (Å²) in [4.78, 5) is 4.11. The quantitative estimate of drug-likeness (QED) is 0.100. The van der Waals surface area contributed by atoms with Crippen LogP contribution in [-0.4, -0.2) is 74.9 Å². The molecule has 0 unspecified atom stereocenters. The van der Waals surface area contributed by atoms with Gasteiger partial charge in [-0.3, -0.25) is 0 Å². The number of ether oxygens (including phenoxy) is 2. The van der Waals surface area contributed by atoms with E-state index in [2.05, 4.69) is 128 Å². The fourth-order valence-electron chi connectivity index (χ4n) is 7.50. The van der Waals surface area contributed by atoms with E-state index in [-0.39, 0.29) is 46.9 Å². The van der Waals surface area contributed by atoms with Crippen molar-refractivity contribution >= 4 is 48.4 Å². The molecule has 0 atom stereocenters. The predicted octanol–water partition coefficient (Wildman–Crippen LogP) is 9.20. The van der Waals surface area contributed by atoms with Crippen molar-refractivity contribution in [1.29, 1.82) is 0 Å². The summed E-state index contributed by atoms with van der Waals surface area (Å²) >= 11 is 0. The Morgan fingerprint density at radius 3 is 0.771 bits per heavy atom. The third-order valence-electron chi connectivity index (χ3n) is 6.50. The maximum absolute atomic E-state index is 5.60. The number of hydrogen-bond acceptors (Lipinski definition) is 2. The summed E-state index contributed by atoms with van der Waals surface area (Å²) in [6.45, 7) is 48.6. The first-order valence-electron chi connectivity index (χ1n) is 13.8. The molecule has 0 spiro atoms. The summed E-state index contributed by atoms with van der Waals surface area (Å²) in [5.41, 5.74) is 0. The number of rotatable bonds is 14. The van der Waals surface area contributed by atoms with E-state index in [4.69, 9.17) is 9.47 Å². The topological polar surface area (TPSA) is 18.5 Å². The zero-order valence-electron chi connectivity index (χ0n) is 27.3. The smallest absolute Gasteiger partial charge is 0.382 e. The van der Waals surface area contributed by atoms with Gasteiger partial charge in [0.2, 0.25) is 0 Å². The van der Waals surface area contributed by atoms with Crippen LogP contribution in [0.25, 0.3) is 0 Å². The third kappa shape index (κ3) is 17.2. The van der Waals surface area contributed by atoms with Crippen molar-refractivity contribution in [1.82, 2.24) is 0 Å². The molecule has 0 aromatic carbocycles. The molecule has 0 radical (unpaired) electrons. The molecule has 35 heavy (non-hydrogen) atoms. The average molecular weight is 752 g/mol. The van der Waals surface area contributed by atoms with Crippen molar-refractivity contribution in [2.75, 3.05) is 26.4 Å². The molecule has 0 aromatic heterocycles. The van der Waals surface area contributed by atoms with Crippen molar-refractivity contribution in [3.8, 4) is 0 Å². The molecule has 0 heterocycles. The molecule has 0 N–H and O–H groups in total. The molecule has 0 aliphatic rings. The average Bonchev–Trinajstić information content (AvgIpc) is 2.48. The summed E-state index contributed by atoms with van der Waals surface area (Å²) < 4.78 is 11.2. The minimum absolute atomic E-state index is 0. The maximum Gasteiger partial charge on any atom is 2.00 e. The Balaban J connectivity index is -0.000000569. The second kappa shape index (κ2) is 16.9. The molecule has 0 saturated carbocycles. The van der Waals surface area contributed by atoms with Gasteiger partial charge in [-0.05, 0) is 13.8 Å². The fraction of sp³-hybridized carbons (Fsp3) is 0.923. The molecule has 0 amide bonds. The van der Waals surface area contributed by atoms with Crippen LogP contribution in [0.2, 0.25) is 117 Å². The van der Waals surface area contributed by atoms with Crippen LogP contribution in [0, 0.1) is 56.5 Å². The standard InChI is InChI=1S/2C13H33OSi3.Yb/c2*1-10-14-11-12-17(8,9)13(15(2,3)4)16(5,6)7;/h2*10-12H2,1-9H3;/q2*-1;+2. The van der Waals surface area contributed by atoms with Crippen molar-refractivity contribution < 1.29 is 56.4 Å². The molecule has 0 aliphatic carbocycles. The van der Waals surface area contributed by atoms with E-state index in [0.29, 0.717) is 0 Å². The molecule has 2 nitrogen and oxygen atoms in total. The van der Waals surface area contributed by atoms with Gasteiger partial charge >= 0.3 is 46.9 Å². The maximum atomic E-state index is 5.60. The Labute approximate surface area is 268 Å². The van der Waals surface area contributed by atoms with Gasteiger partial charge in [0.25, 0.3) is 0 Å². The van der Waals surface area contributed by atoms with E-state index in [1.807, 2.05) is 0 Å². The van der Waals surface area contributed by atoms with E-state index in [9.17, 15) is 0 Å². The van der Waals surface area contributed by atoms with Crippen molar-refractivity contribution in [3.05, 3.63) is 9.58 Å². The molecule has 0 bridgehead atoms. The molecule has 220 valence electrons. The normalized spacial score (nSPS) is 14.1. The van der Waals surface area contributed by atoms with E-state index in [0.717, 1.165) is 26.4 Å². The van der Waals surface area contributed by atoms with Crippen LogP contribution in [-0.2, 0) is 9.47 Å². The molecule has 0 saturated heterocycles. The van der Waals surface area contributed by atoms with Crippen LogP contribution < -0.4 is 0 Å². The summed E-state index contributed by atoms with van der Waals surface area (Å²) in [5.74, 6) is 0. The van der Waals surface area contributed by atoms with Crippen LogP contribution in [0.15, 0.2) is 0 Å². The van der Waals surface area contributed by atoms with E-state index < -0.39 is 48.4 Å². The van der Waals surface area contributed by atoms with Gasteiger partial charge in [-0.1, -0.05) is 133 Å². The second-order valence-corrected chi connectivity index (χ2v) is 47.9. The Morgan fingerprint density at radius 2 is 0.629 bits per heavy atom. The Hall–Kier alpha value is 2.74. The second-order valence-electron chi connectivity index (χ2n) is 15.4. The number of hydrogen-bond donors (Lipinski definition) is 0. The van der Waals surface area contributed by atoms with Gasteiger partial charge in [0.1, 0.15) is 0 Å². The fourth-order valence-corrected chi connectivity index (χ4v) is 61.3. The van der Waals surface area contributed by atoms with Crippen LogP contribution in [0.4, 0.5) is 0 Å². The molecule has 0 fully saturated rings. The zero-order valence-corrected chi connectivity index (χ0v) is 35.0. The predicted molar refractivity (Wildman–Crippen MR) is 177 cm³/mol.